The highest BCUT2D eigenvalue weighted by Gasteiger charge is 2.12. The normalized spacial score (nSPS) is 10.9. The molecule has 0 aliphatic heterocycles. The molecule has 3 aromatic rings. The Hall–Kier alpha value is -2.60. The first-order valence-electron chi connectivity index (χ1n) is 9.30. The highest BCUT2D eigenvalue weighted by Crippen LogP contribution is 2.35. The van der Waals surface area contributed by atoms with Crippen LogP contribution in [-0.4, -0.2) is 23.7 Å². The molecular weight excluding hydrogens is 381 g/mol. The number of fused-ring (bicyclic) bond motifs is 1. The molecule has 1 aromatic heterocycles. The molecule has 0 amide bonds. The van der Waals surface area contributed by atoms with Gasteiger partial charge in [-0.25, -0.2) is 14.4 Å². The van der Waals surface area contributed by atoms with Crippen LogP contribution in [0.4, 0.5) is 15.9 Å². The molecule has 0 saturated carbocycles. The SMILES string of the molecule is CCCCCCOc1cc2c(Nc3ccc(F)c(Cl)c3)ncnc2cc1OC. The molecule has 0 atom stereocenters. The third-order valence-corrected chi connectivity index (χ3v) is 4.65. The number of ether oxygens (including phenoxy) is 2. The topological polar surface area (TPSA) is 56.3 Å². The zero-order chi connectivity index (χ0) is 19.9. The van der Waals surface area contributed by atoms with Gasteiger partial charge in [0.25, 0.3) is 0 Å². The minimum Gasteiger partial charge on any atom is -0.493 e. The third-order valence-electron chi connectivity index (χ3n) is 4.36. The Balaban J connectivity index is 1.88. The molecule has 0 fully saturated rings. The molecule has 0 spiro atoms. The van der Waals surface area contributed by atoms with E-state index >= 15 is 0 Å². The summed E-state index contributed by atoms with van der Waals surface area (Å²) in [5.41, 5.74) is 1.34. The van der Waals surface area contributed by atoms with Gasteiger partial charge in [-0.1, -0.05) is 37.8 Å². The fourth-order valence-electron chi connectivity index (χ4n) is 2.86. The van der Waals surface area contributed by atoms with E-state index < -0.39 is 5.82 Å². The fourth-order valence-corrected chi connectivity index (χ4v) is 3.04. The number of rotatable bonds is 9. The predicted molar refractivity (Wildman–Crippen MR) is 110 cm³/mol. The van der Waals surface area contributed by atoms with Gasteiger partial charge in [0.1, 0.15) is 18.0 Å². The van der Waals surface area contributed by atoms with Crippen LogP contribution in [0.15, 0.2) is 36.7 Å². The van der Waals surface area contributed by atoms with Crippen LogP contribution in [0.1, 0.15) is 32.6 Å². The average molecular weight is 404 g/mol. The number of nitrogens with one attached hydrogen (secondary N) is 1. The van der Waals surface area contributed by atoms with Gasteiger partial charge in [0.05, 0.1) is 24.3 Å². The largest absolute Gasteiger partial charge is 0.493 e. The highest BCUT2D eigenvalue weighted by molar-refractivity contribution is 6.31. The highest BCUT2D eigenvalue weighted by atomic mass is 35.5. The first-order valence-corrected chi connectivity index (χ1v) is 9.67. The molecule has 28 heavy (non-hydrogen) atoms. The molecule has 0 saturated heterocycles. The molecule has 148 valence electrons. The van der Waals surface area contributed by atoms with Crippen molar-refractivity contribution in [3.63, 3.8) is 0 Å². The van der Waals surface area contributed by atoms with E-state index in [2.05, 4.69) is 22.2 Å². The third kappa shape index (κ3) is 4.81. The number of hydrogen-bond donors (Lipinski definition) is 1. The van der Waals surface area contributed by atoms with E-state index in [9.17, 15) is 4.39 Å². The Kier molecular flexibility index (Phi) is 6.87. The first kappa shape index (κ1) is 20.1. The lowest BCUT2D eigenvalue weighted by molar-refractivity contribution is 0.285. The summed E-state index contributed by atoms with van der Waals surface area (Å²) < 4.78 is 24.8. The Bertz CT molecular complexity index is 952. The van der Waals surface area contributed by atoms with Crippen LogP contribution in [0.5, 0.6) is 11.5 Å². The second-order valence-electron chi connectivity index (χ2n) is 6.41. The molecule has 7 heteroatoms. The molecule has 1 heterocycles. The van der Waals surface area contributed by atoms with Crippen molar-refractivity contribution in [2.75, 3.05) is 19.0 Å². The maximum atomic E-state index is 13.4. The van der Waals surface area contributed by atoms with Crippen molar-refractivity contribution in [1.82, 2.24) is 9.97 Å². The predicted octanol–water partition coefficient (Wildman–Crippen LogP) is 6.13. The number of nitrogens with zero attached hydrogens (tertiary/aromatic N) is 2. The summed E-state index contributed by atoms with van der Waals surface area (Å²) in [6, 6.07) is 8.11. The summed E-state index contributed by atoms with van der Waals surface area (Å²) in [6.07, 6.45) is 5.95. The van der Waals surface area contributed by atoms with Crippen LogP contribution in [0, 0.1) is 5.82 Å². The van der Waals surface area contributed by atoms with Gasteiger partial charge < -0.3 is 14.8 Å². The maximum Gasteiger partial charge on any atom is 0.162 e. The monoisotopic (exact) mass is 403 g/mol. The van der Waals surface area contributed by atoms with Gasteiger partial charge in [-0.3, -0.25) is 0 Å². The quantitative estimate of drug-likeness (QED) is 0.435. The zero-order valence-electron chi connectivity index (χ0n) is 16.0. The van der Waals surface area contributed by atoms with Crippen LogP contribution in [-0.2, 0) is 0 Å². The molecule has 0 aliphatic carbocycles. The van der Waals surface area contributed by atoms with Crippen LogP contribution in [0.25, 0.3) is 10.9 Å². The van der Waals surface area contributed by atoms with Crippen molar-refractivity contribution in [3.05, 3.63) is 47.5 Å². The van der Waals surface area contributed by atoms with Crippen LogP contribution >= 0.6 is 11.6 Å². The maximum absolute atomic E-state index is 13.4. The van der Waals surface area contributed by atoms with E-state index in [1.807, 2.05) is 12.1 Å². The number of benzene rings is 2. The lowest BCUT2D eigenvalue weighted by Gasteiger charge is -2.14. The lowest BCUT2D eigenvalue weighted by atomic mass is 10.2. The molecule has 1 N–H and O–H groups in total. The molecule has 0 aliphatic rings. The summed E-state index contributed by atoms with van der Waals surface area (Å²) in [4.78, 5) is 8.63. The minimum absolute atomic E-state index is 0.0427. The summed E-state index contributed by atoms with van der Waals surface area (Å²) in [5.74, 6) is 1.37. The second-order valence-corrected chi connectivity index (χ2v) is 6.81. The van der Waals surface area contributed by atoms with Gasteiger partial charge in [-0.2, -0.15) is 0 Å². The standard InChI is InChI=1S/C21H23ClFN3O2/c1-3-4-5-6-9-28-20-11-15-18(12-19(20)27-2)24-13-25-21(15)26-14-7-8-17(23)16(22)10-14/h7-8,10-13H,3-6,9H2,1-2H3,(H,24,25,26). The zero-order valence-corrected chi connectivity index (χ0v) is 16.7. The van der Waals surface area contributed by atoms with Crippen molar-refractivity contribution in [2.45, 2.75) is 32.6 Å². The number of methoxy groups -OCH3 is 1. The van der Waals surface area contributed by atoms with Crippen molar-refractivity contribution < 1.29 is 13.9 Å². The Labute approximate surface area is 168 Å². The van der Waals surface area contributed by atoms with Gasteiger partial charge in [-0.15, -0.1) is 0 Å². The number of hydrogen-bond acceptors (Lipinski definition) is 5. The van der Waals surface area contributed by atoms with Crippen molar-refractivity contribution in [3.8, 4) is 11.5 Å². The smallest absolute Gasteiger partial charge is 0.162 e. The molecule has 0 radical (unpaired) electrons. The lowest BCUT2D eigenvalue weighted by Crippen LogP contribution is -2.01. The first-order chi connectivity index (χ1) is 13.6. The van der Waals surface area contributed by atoms with Crippen molar-refractivity contribution >= 4 is 34.0 Å². The molecule has 2 aromatic carbocycles. The summed E-state index contributed by atoms with van der Waals surface area (Å²) in [7, 11) is 1.60. The second kappa shape index (κ2) is 9.55. The van der Waals surface area contributed by atoms with E-state index in [0.29, 0.717) is 35.1 Å². The van der Waals surface area contributed by atoms with Gasteiger partial charge in [0.15, 0.2) is 11.5 Å². The number of unbranched alkanes of at least 4 members (excludes halogenated alkanes) is 3. The molecule has 0 bridgehead atoms. The Morgan fingerprint density at radius 3 is 2.68 bits per heavy atom. The molecule has 3 rings (SSSR count). The molecular formula is C21H23ClFN3O2. The number of halogens is 2. The summed E-state index contributed by atoms with van der Waals surface area (Å²) >= 11 is 5.87. The van der Waals surface area contributed by atoms with E-state index in [1.165, 1.54) is 31.3 Å². The van der Waals surface area contributed by atoms with Crippen molar-refractivity contribution in [1.29, 1.82) is 0 Å². The van der Waals surface area contributed by atoms with E-state index in [0.717, 1.165) is 18.2 Å². The van der Waals surface area contributed by atoms with Gasteiger partial charge >= 0.3 is 0 Å². The Morgan fingerprint density at radius 1 is 1.07 bits per heavy atom. The van der Waals surface area contributed by atoms with Crippen LogP contribution < -0.4 is 14.8 Å². The van der Waals surface area contributed by atoms with Crippen LogP contribution in [0.2, 0.25) is 5.02 Å². The van der Waals surface area contributed by atoms with Crippen LogP contribution in [0.3, 0.4) is 0 Å². The van der Waals surface area contributed by atoms with E-state index in [1.54, 1.807) is 13.2 Å². The van der Waals surface area contributed by atoms with Crippen molar-refractivity contribution in [2.24, 2.45) is 0 Å². The summed E-state index contributed by atoms with van der Waals surface area (Å²) in [6.45, 7) is 2.79. The number of anilines is 2. The van der Waals surface area contributed by atoms with Gasteiger partial charge in [0, 0.05) is 17.1 Å². The Morgan fingerprint density at radius 2 is 1.93 bits per heavy atom. The molecule has 5 nitrogen and oxygen atoms in total. The van der Waals surface area contributed by atoms with Gasteiger partial charge in [-0.05, 0) is 30.7 Å². The molecule has 0 unspecified atom stereocenters. The average Bonchev–Trinajstić information content (AvgIpc) is 2.70. The van der Waals surface area contributed by atoms with E-state index in [-0.39, 0.29) is 5.02 Å². The number of aromatic nitrogens is 2. The van der Waals surface area contributed by atoms with E-state index in [4.69, 9.17) is 21.1 Å². The van der Waals surface area contributed by atoms with Gasteiger partial charge in [0.2, 0.25) is 0 Å². The fraction of sp³-hybridized carbons (Fsp3) is 0.333. The minimum atomic E-state index is -0.469. The summed E-state index contributed by atoms with van der Waals surface area (Å²) in [5, 5.41) is 3.98.